The monoisotopic (exact) mass is 195 g/mol. The molecule has 1 rings (SSSR count). The van der Waals surface area contributed by atoms with Gasteiger partial charge in [0.1, 0.15) is 0 Å². The molecule has 0 fully saturated rings. The van der Waals surface area contributed by atoms with Gasteiger partial charge >= 0.3 is 0 Å². The Balaban J connectivity index is 2.85. The summed E-state index contributed by atoms with van der Waals surface area (Å²) in [6.07, 6.45) is 0. The number of carbonyl (C=O) groups excluding carboxylic acids is 1. The van der Waals surface area contributed by atoms with Crippen molar-refractivity contribution in [3.63, 3.8) is 0 Å². The molecule has 0 aliphatic carbocycles. The molecule has 0 atom stereocenters. The molecule has 0 bridgehead atoms. The Morgan fingerprint density at radius 3 is 2.29 bits per heavy atom. The Hall–Kier alpha value is -1.32. The van der Waals surface area contributed by atoms with Crippen molar-refractivity contribution in [3.8, 4) is 0 Å². The number of anilines is 1. The lowest BCUT2D eigenvalue weighted by molar-refractivity contribution is -0.123. The van der Waals surface area contributed by atoms with Crippen LogP contribution in [-0.2, 0) is 4.79 Å². The molecule has 4 heteroatoms. The van der Waals surface area contributed by atoms with Gasteiger partial charge in [0.15, 0.2) is 0 Å². The summed E-state index contributed by atoms with van der Waals surface area (Å²) >= 11 is 0. The number of hydrogen-bond donors (Lipinski definition) is 2. The maximum Gasteiger partial charge on any atom is 0.229 e. The van der Waals surface area contributed by atoms with Gasteiger partial charge in [0.05, 0.1) is 17.1 Å². The van der Waals surface area contributed by atoms with E-state index in [1.807, 2.05) is 34.6 Å². The molecular formula is C10H17N3O. The number of nitrogens with zero attached hydrogens (tertiary/aromatic N) is 1. The number of carbonyl (C=O) groups is 1. The number of nitrogens with one attached hydrogen (secondary N) is 2. The average Bonchev–Trinajstić information content (AvgIpc) is 2.34. The van der Waals surface area contributed by atoms with E-state index >= 15 is 0 Å². The zero-order valence-corrected chi connectivity index (χ0v) is 9.36. The van der Waals surface area contributed by atoms with Gasteiger partial charge in [-0.15, -0.1) is 0 Å². The van der Waals surface area contributed by atoms with Gasteiger partial charge in [-0.3, -0.25) is 9.89 Å². The summed E-state index contributed by atoms with van der Waals surface area (Å²) in [5.74, 6) is 0.00472. The topological polar surface area (TPSA) is 57.8 Å². The second-order valence-electron chi connectivity index (χ2n) is 4.51. The van der Waals surface area contributed by atoms with E-state index in [1.54, 1.807) is 0 Å². The molecule has 0 unspecified atom stereocenters. The molecular weight excluding hydrogens is 178 g/mol. The molecule has 1 aromatic heterocycles. The number of rotatable bonds is 1. The largest absolute Gasteiger partial charge is 0.323 e. The fourth-order valence-corrected chi connectivity index (χ4v) is 1.04. The first kappa shape index (κ1) is 10.8. The van der Waals surface area contributed by atoms with Crippen molar-refractivity contribution in [1.82, 2.24) is 10.2 Å². The van der Waals surface area contributed by atoms with Crippen LogP contribution in [0.5, 0.6) is 0 Å². The molecule has 1 amide bonds. The van der Waals surface area contributed by atoms with Gasteiger partial charge in [0.2, 0.25) is 5.91 Å². The summed E-state index contributed by atoms with van der Waals surface area (Å²) < 4.78 is 0. The van der Waals surface area contributed by atoms with Crippen LogP contribution >= 0.6 is 0 Å². The van der Waals surface area contributed by atoms with Crippen LogP contribution in [-0.4, -0.2) is 16.1 Å². The smallest absolute Gasteiger partial charge is 0.229 e. The van der Waals surface area contributed by atoms with Crippen LogP contribution in [0.4, 0.5) is 5.69 Å². The first-order valence-corrected chi connectivity index (χ1v) is 4.65. The van der Waals surface area contributed by atoms with E-state index in [0.29, 0.717) is 0 Å². The van der Waals surface area contributed by atoms with Gasteiger partial charge in [-0.2, -0.15) is 5.10 Å². The zero-order valence-electron chi connectivity index (χ0n) is 9.36. The highest BCUT2D eigenvalue weighted by atomic mass is 16.2. The first-order valence-electron chi connectivity index (χ1n) is 4.65. The van der Waals surface area contributed by atoms with Crippen LogP contribution in [0, 0.1) is 19.3 Å². The number of hydrogen-bond acceptors (Lipinski definition) is 2. The lowest BCUT2D eigenvalue weighted by Crippen LogP contribution is -2.28. The van der Waals surface area contributed by atoms with Crippen molar-refractivity contribution in [3.05, 3.63) is 11.4 Å². The summed E-state index contributed by atoms with van der Waals surface area (Å²) in [6, 6.07) is 0. The normalized spacial score (nSPS) is 11.5. The number of amides is 1. The van der Waals surface area contributed by atoms with Crippen molar-refractivity contribution in [2.45, 2.75) is 34.6 Å². The van der Waals surface area contributed by atoms with Crippen molar-refractivity contribution in [2.75, 3.05) is 5.32 Å². The van der Waals surface area contributed by atoms with Crippen molar-refractivity contribution >= 4 is 11.6 Å². The number of aryl methyl sites for hydroxylation is 2. The number of aromatic nitrogens is 2. The summed E-state index contributed by atoms with van der Waals surface area (Å²) in [6.45, 7) is 9.40. The van der Waals surface area contributed by atoms with Crippen LogP contribution < -0.4 is 5.32 Å². The third-order valence-electron chi connectivity index (χ3n) is 2.05. The second-order valence-corrected chi connectivity index (χ2v) is 4.51. The zero-order chi connectivity index (χ0) is 10.9. The van der Waals surface area contributed by atoms with Gasteiger partial charge in [-0.05, 0) is 13.8 Å². The third kappa shape index (κ3) is 2.13. The van der Waals surface area contributed by atoms with E-state index in [4.69, 9.17) is 0 Å². The Kier molecular flexibility index (Phi) is 2.64. The molecule has 0 aliphatic heterocycles. The molecule has 2 N–H and O–H groups in total. The molecule has 0 aromatic carbocycles. The van der Waals surface area contributed by atoms with Crippen molar-refractivity contribution in [1.29, 1.82) is 0 Å². The predicted octanol–water partition coefficient (Wildman–Crippen LogP) is 2.01. The number of aromatic amines is 1. The summed E-state index contributed by atoms with van der Waals surface area (Å²) in [7, 11) is 0. The molecule has 78 valence electrons. The summed E-state index contributed by atoms with van der Waals surface area (Å²) in [5.41, 5.74) is 2.13. The van der Waals surface area contributed by atoms with E-state index in [9.17, 15) is 4.79 Å². The maximum absolute atomic E-state index is 11.7. The molecule has 14 heavy (non-hydrogen) atoms. The van der Waals surface area contributed by atoms with Crippen LogP contribution in [0.25, 0.3) is 0 Å². The minimum absolute atomic E-state index is 0.00472. The summed E-state index contributed by atoms with van der Waals surface area (Å²) in [4.78, 5) is 11.7. The molecule has 0 spiro atoms. The fourth-order valence-electron chi connectivity index (χ4n) is 1.04. The molecule has 0 saturated carbocycles. The van der Waals surface area contributed by atoms with Gasteiger partial charge in [-0.1, -0.05) is 20.8 Å². The standard InChI is InChI=1S/C10H17N3O/c1-6-8(7(2)13-12-6)11-9(14)10(3,4)5/h1-5H3,(H,11,14)(H,12,13). The van der Waals surface area contributed by atoms with Crippen LogP contribution in [0.15, 0.2) is 0 Å². The molecule has 4 nitrogen and oxygen atoms in total. The Morgan fingerprint density at radius 2 is 1.93 bits per heavy atom. The first-order chi connectivity index (χ1) is 6.32. The van der Waals surface area contributed by atoms with E-state index in [1.165, 1.54) is 0 Å². The summed E-state index contributed by atoms with van der Waals surface area (Å²) in [5, 5.41) is 9.71. The van der Waals surface area contributed by atoms with Crippen LogP contribution in [0.3, 0.4) is 0 Å². The Labute approximate surface area is 84.1 Å². The van der Waals surface area contributed by atoms with Crippen molar-refractivity contribution < 1.29 is 4.79 Å². The quantitative estimate of drug-likeness (QED) is 0.720. The molecule has 0 radical (unpaired) electrons. The highest BCUT2D eigenvalue weighted by Gasteiger charge is 2.22. The van der Waals surface area contributed by atoms with E-state index in [0.717, 1.165) is 17.1 Å². The molecule has 1 aromatic rings. The van der Waals surface area contributed by atoms with Gasteiger partial charge in [-0.25, -0.2) is 0 Å². The number of H-pyrrole nitrogens is 1. The van der Waals surface area contributed by atoms with Crippen LogP contribution in [0.2, 0.25) is 0 Å². The van der Waals surface area contributed by atoms with E-state index in [-0.39, 0.29) is 11.3 Å². The fraction of sp³-hybridized carbons (Fsp3) is 0.600. The highest BCUT2D eigenvalue weighted by Crippen LogP contribution is 2.21. The minimum Gasteiger partial charge on any atom is -0.323 e. The predicted molar refractivity (Wildman–Crippen MR) is 56.1 cm³/mol. The average molecular weight is 195 g/mol. The highest BCUT2D eigenvalue weighted by molar-refractivity contribution is 5.95. The molecule has 1 heterocycles. The molecule has 0 aliphatic rings. The lowest BCUT2D eigenvalue weighted by Gasteiger charge is -2.17. The maximum atomic E-state index is 11.7. The van der Waals surface area contributed by atoms with Gasteiger partial charge in [0.25, 0.3) is 0 Å². The third-order valence-corrected chi connectivity index (χ3v) is 2.05. The van der Waals surface area contributed by atoms with Gasteiger partial charge < -0.3 is 5.32 Å². The Bertz CT molecular complexity index is 327. The van der Waals surface area contributed by atoms with Crippen LogP contribution in [0.1, 0.15) is 32.2 Å². The lowest BCUT2D eigenvalue weighted by atomic mass is 9.95. The van der Waals surface area contributed by atoms with E-state index < -0.39 is 0 Å². The SMILES string of the molecule is Cc1n[nH]c(C)c1NC(=O)C(C)(C)C. The van der Waals surface area contributed by atoms with Gasteiger partial charge in [0, 0.05) is 5.41 Å². The van der Waals surface area contributed by atoms with E-state index in [2.05, 4.69) is 15.5 Å². The Morgan fingerprint density at radius 1 is 1.36 bits per heavy atom. The molecule has 0 saturated heterocycles. The minimum atomic E-state index is -0.379. The van der Waals surface area contributed by atoms with Crippen molar-refractivity contribution in [2.24, 2.45) is 5.41 Å². The second kappa shape index (κ2) is 3.44.